The monoisotopic (exact) mass is 364 g/mol. The van der Waals surface area contributed by atoms with E-state index >= 15 is 0 Å². The van der Waals surface area contributed by atoms with Crippen LogP contribution in [0.25, 0.3) is 4.96 Å². The summed E-state index contributed by atoms with van der Waals surface area (Å²) in [5, 5.41) is 8.84. The van der Waals surface area contributed by atoms with Gasteiger partial charge in [0.05, 0.1) is 25.5 Å². The summed E-state index contributed by atoms with van der Waals surface area (Å²) in [4.78, 5) is 12.8. The van der Waals surface area contributed by atoms with Crippen molar-refractivity contribution in [3.8, 4) is 0 Å². The van der Waals surface area contributed by atoms with Crippen molar-refractivity contribution in [1.29, 1.82) is 0 Å². The quantitative estimate of drug-likeness (QED) is 0.602. The van der Waals surface area contributed by atoms with Crippen LogP contribution in [0, 0.1) is 0 Å². The van der Waals surface area contributed by atoms with Gasteiger partial charge in [0.25, 0.3) is 0 Å². The summed E-state index contributed by atoms with van der Waals surface area (Å²) in [6.07, 6.45) is 4.06. The van der Waals surface area contributed by atoms with E-state index in [0.29, 0.717) is 6.54 Å². The van der Waals surface area contributed by atoms with Crippen LogP contribution >= 0.6 is 11.3 Å². The van der Waals surface area contributed by atoms with Gasteiger partial charge in [-0.25, -0.2) is 9.98 Å². The number of nitrogens with one attached hydrogen (secondary N) is 2. The molecular formula is C17H28N6OS. The van der Waals surface area contributed by atoms with Crippen LogP contribution in [0.1, 0.15) is 26.5 Å². The lowest BCUT2D eigenvalue weighted by Crippen LogP contribution is -2.56. The molecule has 2 aromatic rings. The maximum Gasteiger partial charge on any atom is 0.193 e. The molecule has 0 saturated carbocycles. The highest BCUT2D eigenvalue weighted by Gasteiger charge is 2.28. The molecule has 8 heteroatoms. The van der Waals surface area contributed by atoms with Crippen molar-refractivity contribution >= 4 is 22.3 Å². The van der Waals surface area contributed by atoms with Crippen molar-refractivity contribution in [2.24, 2.45) is 4.99 Å². The molecule has 0 unspecified atom stereocenters. The van der Waals surface area contributed by atoms with E-state index in [0.717, 1.165) is 56.0 Å². The second-order valence-electron chi connectivity index (χ2n) is 6.79. The Morgan fingerprint density at radius 3 is 2.88 bits per heavy atom. The molecule has 2 aromatic heterocycles. The Bertz CT molecular complexity index is 672. The number of fused-ring (bicyclic) bond motifs is 1. The second-order valence-corrected chi connectivity index (χ2v) is 7.66. The Hall–Kier alpha value is -1.64. The van der Waals surface area contributed by atoms with Gasteiger partial charge in [0.1, 0.15) is 0 Å². The Morgan fingerprint density at radius 1 is 1.36 bits per heavy atom. The molecule has 7 nitrogen and oxygen atoms in total. The van der Waals surface area contributed by atoms with Crippen LogP contribution in [0.3, 0.4) is 0 Å². The van der Waals surface area contributed by atoms with Crippen LogP contribution in [-0.4, -0.2) is 65.2 Å². The normalized spacial score (nSPS) is 17.2. The maximum absolute atomic E-state index is 5.46. The molecule has 0 radical (unpaired) electrons. The lowest BCUT2D eigenvalue weighted by molar-refractivity contribution is -0.00834. The third-order valence-electron chi connectivity index (χ3n) is 4.44. The number of imidazole rings is 1. The summed E-state index contributed by atoms with van der Waals surface area (Å²) in [5.74, 6) is 0.834. The number of thiazole rings is 1. The average molecular weight is 365 g/mol. The van der Waals surface area contributed by atoms with E-state index in [4.69, 9.17) is 4.74 Å². The molecule has 25 heavy (non-hydrogen) atoms. The first-order valence-corrected chi connectivity index (χ1v) is 9.72. The van der Waals surface area contributed by atoms with Crippen molar-refractivity contribution in [3.05, 3.63) is 23.5 Å². The van der Waals surface area contributed by atoms with Crippen LogP contribution in [0.4, 0.5) is 0 Å². The first kappa shape index (κ1) is 18.2. The lowest BCUT2D eigenvalue weighted by Gasteiger charge is -2.41. The average Bonchev–Trinajstić information content (AvgIpc) is 3.20. The minimum Gasteiger partial charge on any atom is -0.379 e. The molecule has 1 fully saturated rings. The van der Waals surface area contributed by atoms with E-state index in [-0.39, 0.29) is 5.54 Å². The zero-order chi connectivity index (χ0) is 17.7. The molecule has 3 rings (SSSR count). The summed E-state index contributed by atoms with van der Waals surface area (Å²) in [6, 6.07) is 0. The van der Waals surface area contributed by atoms with Gasteiger partial charge in [-0.3, -0.25) is 9.30 Å². The van der Waals surface area contributed by atoms with E-state index in [1.54, 1.807) is 11.3 Å². The largest absolute Gasteiger partial charge is 0.379 e. The van der Waals surface area contributed by atoms with Crippen LogP contribution in [-0.2, 0) is 11.3 Å². The number of hydrogen-bond donors (Lipinski definition) is 2. The first-order chi connectivity index (χ1) is 12.1. The molecule has 0 spiro atoms. The summed E-state index contributed by atoms with van der Waals surface area (Å²) < 4.78 is 7.50. The summed E-state index contributed by atoms with van der Waals surface area (Å²) >= 11 is 1.64. The van der Waals surface area contributed by atoms with Gasteiger partial charge in [-0.05, 0) is 20.8 Å². The highest BCUT2D eigenvalue weighted by atomic mass is 32.1. The third-order valence-corrected chi connectivity index (χ3v) is 5.21. The minimum absolute atomic E-state index is 0.0526. The van der Waals surface area contributed by atoms with Gasteiger partial charge in [-0.15, -0.1) is 11.3 Å². The molecule has 2 N–H and O–H groups in total. The fraction of sp³-hybridized carbons (Fsp3) is 0.647. The summed E-state index contributed by atoms with van der Waals surface area (Å²) in [6.45, 7) is 12.4. The van der Waals surface area contributed by atoms with E-state index < -0.39 is 0 Å². The van der Waals surface area contributed by atoms with Gasteiger partial charge < -0.3 is 15.4 Å². The fourth-order valence-corrected chi connectivity index (χ4v) is 3.65. The van der Waals surface area contributed by atoms with E-state index in [9.17, 15) is 0 Å². The Kier molecular flexibility index (Phi) is 5.93. The fourth-order valence-electron chi connectivity index (χ4n) is 2.93. The Balaban J connectivity index is 1.58. The molecule has 0 amide bonds. The molecule has 3 heterocycles. The number of guanidine groups is 1. The van der Waals surface area contributed by atoms with Gasteiger partial charge in [0.15, 0.2) is 10.9 Å². The zero-order valence-corrected chi connectivity index (χ0v) is 16.1. The van der Waals surface area contributed by atoms with Crippen LogP contribution in [0.2, 0.25) is 0 Å². The molecule has 0 bridgehead atoms. The summed E-state index contributed by atoms with van der Waals surface area (Å²) in [5.41, 5.74) is 1.04. The number of nitrogens with zero attached hydrogens (tertiary/aromatic N) is 4. The number of rotatable bonds is 6. The predicted octanol–water partition coefficient (Wildman–Crippen LogP) is 1.56. The Morgan fingerprint density at radius 2 is 2.16 bits per heavy atom. The van der Waals surface area contributed by atoms with Crippen LogP contribution in [0.5, 0.6) is 0 Å². The molecule has 138 valence electrons. The Labute approximate surface area is 153 Å². The third kappa shape index (κ3) is 4.71. The smallest absolute Gasteiger partial charge is 0.193 e. The van der Waals surface area contributed by atoms with Crippen molar-refractivity contribution in [2.75, 3.05) is 39.4 Å². The standard InChI is InChI=1S/C17H28N6OS/c1-4-18-15(19-11-14-12-22-7-10-25-16(22)21-14)20-13-17(2,3)23-5-8-24-9-6-23/h7,10,12H,4-6,8-9,11,13H2,1-3H3,(H2,18,19,20). The molecule has 0 atom stereocenters. The van der Waals surface area contributed by atoms with E-state index in [1.807, 2.05) is 22.2 Å². The van der Waals surface area contributed by atoms with Crippen LogP contribution < -0.4 is 10.6 Å². The highest BCUT2D eigenvalue weighted by Crippen LogP contribution is 2.15. The van der Waals surface area contributed by atoms with Crippen LogP contribution in [0.15, 0.2) is 22.8 Å². The SMILES string of the molecule is CCNC(=NCc1cn2ccsc2n1)NCC(C)(C)N1CCOCC1. The van der Waals surface area contributed by atoms with Gasteiger partial charge >= 0.3 is 0 Å². The number of hydrogen-bond acceptors (Lipinski definition) is 5. The second kappa shape index (κ2) is 8.16. The number of aromatic nitrogens is 2. The number of ether oxygens (including phenoxy) is 1. The summed E-state index contributed by atoms with van der Waals surface area (Å²) in [7, 11) is 0. The molecule has 1 aliphatic heterocycles. The highest BCUT2D eigenvalue weighted by molar-refractivity contribution is 7.15. The van der Waals surface area contributed by atoms with Gasteiger partial charge in [-0.2, -0.15) is 0 Å². The number of morpholine rings is 1. The zero-order valence-electron chi connectivity index (χ0n) is 15.3. The van der Waals surface area contributed by atoms with Crippen molar-refractivity contribution in [1.82, 2.24) is 24.9 Å². The first-order valence-electron chi connectivity index (χ1n) is 8.84. The van der Waals surface area contributed by atoms with Crippen molar-refractivity contribution < 1.29 is 4.74 Å². The van der Waals surface area contributed by atoms with Gasteiger partial charge in [0.2, 0.25) is 0 Å². The van der Waals surface area contributed by atoms with Crippen molar-refractivity contribution in [2.45, 2.75) is 32.9 Å². The molecular weight excluding hydrogens is 336 g/mol. The van der Waals surface area contributed by atoms with E-state index in [1.165, 1.54) is 0 Å². The topological polar surface area (TPSA) is 66.2 Å². The number of aliphatic imine (C=N–C) groups is 1. The van der Waals surface area contributed by atoms with Gasteiger partial charge in [-0.1, -0.05) is 0 Å². The predicted molar refractivity (Wildman–Crippen MR) is 102 cm³/mol. The minimum atomic E-state index is 0.0526. The molecule has 1 aliphatic rings. The molecule has 0 aliphatic carbocycles. The van der Waals surface area contributed by atoms with E-state index in [2.05, 4.69) is 46.3 Å². The maximum atomic E-state index is 5.46. The van der Waals surface area contributed by atoms with Gasteiger partial charge in [0, 0.05) is 49.5 Å². The van der Waals surface area contributed by atoms with Crippen molar-refractivity contribution in [3.63, 3.8) is 0 Å². The molecule has 0 aromatic carbocycles. The lowest BCUT2D eigenvalue weighted by atomic mass is 10.0. The molecule has 1 saturated heterocycles.